The molecule has 0 fully saturated rings. The highest BCUT2D eigenvalue weighted by molar-refractivity contribution is 6.27. The molecule has 0 aliphatic heterocycles. The van der Waals surface area contributed by atoms with Gasteiger partial charge < -0.3 is 0 Å². The Morgan fingerprint density at radius 1 is 0.117 bits per heavy atom. The van der Waals surface area contributed by atoms with E-state index in [0.29, 0.717) is 0 Å². The monoisotopic (exact) mass is 758 g/mol. The zero-order valence-corrected chi connectivity index (χ0v) is 32.9. The number of hydrogen-bond acceptors (Lipinski definition) is 0. The Morgan fingerprint density at radius 3 is 0.783 bits per heavy atom. The zero-order chi connectivity index (χ0) is 39.6. The Morgan fingerprint density at radius 2 is 0.350 bits per heavy atom. The summed E-state index contributed by atoms with van der Waals surface area (Å²) in [7, 11) is 0. The van der Waals surface area contributed by atoms with Crippen LogP contribution in [0.15, 0.2) is 231 Å². The van der Waals surface area contributed by atoms with Crippen LogP contribution in [0.25, 0.3) is 120 Å². The molecule has 0 spiro atoms. The third-order valence-electron chi connectivity index (χ3n) is 12.6. The molecule has 12 aromatic carbocycles. The fraction of sp³-hybridized carbons (Fsp3) is 0. The van der Waals surface area contributed by atoms with Gasteiger partial charge in [0, 0.05) is 0 Å². The number of rotatable bonds is 5. The van der Waals surface area contributed by atoms with Crippen molar-refractivity contribution < 1.29 is 0 Å². The molecule has 0 bridgehead atoms. The van der Waals surface area contributed by atoms with Gasteiger partial charge in [-0.25, -0.2) is 0 Å². The molecule has 60 heavy (non-hydrogen) atoms. The molecule has 0 N–H and O–H groups in total. The molecular weight excluding hydrogens is 721 g/mol. The molecule has 0 heteroatoms. The van der Waals surface area contributed by atoms with Gasteiger partial charge in [0.05, 0.1) is 0 Å². The number of hydrogen-bond donors (Lipinski definition) is 0. The maximum atomic E-state index is 2.41. The van der Waals surface area contributed by atoms with E-state index in [2.05, 4.69) is 231 Å². The van der Waals surface area contributed by atoms with Crippen LogP contribution in [-0.4, -0.2) is 0 Å². The number of benzene rings is 12. The van der Waals surface area contributed by atoms with Crippen molar-refractivity contribution in [3.63, 3.8) is 0 Å². The minimum atomic E-state index is 1.19. The summed E-state index contributed by atoms with van der Waals surface area (Å²) in [6, 6.07) is 85.1. The Labute approximate surface area is 349 Å². The van der Waals surface area contributed by atoms with Crippen LogP contribution in [0.4, 0.5) is 0 Å². The molecule has 0 amide bonds. The van der Waals surface area contributed by atoms with E-state index < -0.39 is 0 Å². The van der Waals surface area contributed by atoms with E-state index in [9.17, 15) is 0 Å². The lowest BCUT2D eigenvalue weighted by molar-refractivity contribution is 1.56. The van der Waals surface area contributed by atoms with Crippen LogP contribution >= 0.6 is 0 Å². The molecule has 0 aliphatic rings. The molecule has 278 valence electrons. The van der Waals surface area contributed by atoms with E-state index in [1.807, 2.05) is 0 Å². The second-order valence-electron chi connectivity index (χ2n) is 16.0. The van der Waals surface area contributed by atoms with E-state index in [1.165, 1.54) is 120 Å². The minimum absolute atomic E-state index is 1.19. The van der Waals surface area contributed by atoms with Gasteiger partial charge in [-0.3, -0.25) is 0 Å². The topological polar surface area (TPSA) is 0 Å². The normalized spacial score (nSPS) is 11.7. The van der Waals surface area contributed by atoms with E-state index in [4.69, 9.17) is 0 Å². The van der Waals surface area contributed by atoms with Crippen LogP contribution in [0.1, 0.15) is 0 Å². The molecule has 0 radical (unpaired) electrons. The predicted octanol–water partition coefficient (Wildman–Crippen LogP) is 16.9. The summed E-state index contributed by atoms with van der Waals surface area (Å²) < 4.78 is 0. The second kappa shape index (κ2) is 13.9. The van der Waals surface area contributed by atoms with Crippen LogP contribution in [0.3, 0.4) is 0 Å². The molecule has 0 unspecified atom stereocenters. The van der Waals surface area contributed by atoms with Gasteiger partial charge in [-0.1, -0.05) is 194 Å². The third kappa shape index (κ3) is 5.69. The maximum Gasteiger partial charge on any atom is -0.00928 e. The fourth-order valence-corrected chi connectivity index (χ4v) is 9.67. The Balaban J connectivity index is 1.01. The molecule has 0 nitrogen and oxygen atoms in total. The van der Waals surface area contributed by atoms with Crippen molar-refractivity contribution in [1.82, 2.24) is 0 Å². The SMILES string of the molecule is c1ccc(-c2cccc(-c3cc(-c4ccc(-c5ccc6c7ccccc7c7ccccc7c6c5)cc4)cc(-c4ccc5c6ccccc6c6ccccc6c5c4)c3)c2)cc1. The summed E-state index contributed by atoms with van der Waals surface area (Å²) in [5.74, 6) is 0. The summed E-state index contributed by atoms with van der Waals surface area (Å²) in [4.78, 5) is 0. The Hall–Kier alpha value is -7.80. The summed E-state index contributed by atoms with van der Waals surface area (Å²) in [5, 5.41) is 15.5. The van der Waals surface area contributed by atoms with Gasteiger partial charge in [0.2, 0.25) is 0 Å². The summed E-state index contributed by atoms with van der Waals surface area (Å²) in [5.41, 5.74) is 12.0. The quantitative estimate of drug-likeness (QED) is 0.153. The molecule has 12 aromatic rings. The Kier molecular flexibility index (Phi) is 7.96. The van der Waals surface area contributed by atoms with Gasteiger partial charge in [-0.05, 0) is 157 Å². The van der Waals surface area contributed by atoms with Gasteiger partial charge >= 0.3 is 0 Å². The Bertz CT molecular complexity index is 3560. The van der Waals surface area contributed by atoms with Crippen LogP contribution in [-0.2, 0) is 0 Å². The first kappa shape index (κ1) is 34.3. The van der Waals surface area contributed by atoms with E-state index in [1.54, 1.807) is 0 Å². The van der Waals surface area contributed by atoms with Crippen LogP contribution in [0.5, 0.6) is 0 Å². The van der Waals surface area contributed by atoms with Gasteiger partial charge in [-0.15, -0.1) is 0 Å². The summed E-state index contributed by atoms with van der Waals surface area (Å²) in [6.07, 6.45) is 0. The largest absolute Gasteiger partial charge is 0.0622 e. The molecule has 0 aliphatic carbocycles. The average molecular weight is 759 g/mol. The van der Waals surface area contributed by atoms with Gasteiger partial charge in [0.25, 0.3) is 0 Å². The number of fused-ring (bicyclic) bond motifs is 12. The van der Waals surface area contributed by atoms with Crippen LogP contribution in [0.2, 0.25) is 0 Å². The predicted molar refractivity (Wildman–Crippen MR) is 259 cm³/mol. The minimum Gasteiger partial charge on any atom is -0.0622 e. The van der Waals surface area contributed by atoms with Crippen molar-refractivity contribution in [2.24, 2.45) is 0 Å². The molecule has 0 atom stereocenters. The second-order valence-corrected chi connectivity index (χ2v) is 16.0. The average Bonchev–Trinajstić information content (AvgIpc) is 3.34. The summed E-state index contributed by atoms with van der Waals surface area (Å²) in [6.45, 7) is 0. The van der Waals surface area contributed by atoms with E-state index in [-0.39, 0.29) is 0 Å². The smallest absolute Gasteiger partial charge is 0.00928 e. The first-order valence-electron chi connectivity index (χ1n) is 20.8. The van der Waals surface area contributed by atoms with E-state index >= 15 is 0 Å². The molecule has 0 saturated carbocycles. The fourth-order valence-electron chi connectivity index (χ4n) is 9.67. The van der Waals surface area contributed by atoms with Crippen molar-refractivity contribution in [1.29, 1.82) is 0 Å². The molecule has 0 aromatic heterocycles. The lowest BCUT2D eigenvalue weighted by Crippen LogP contribution is -1.89. The van der Waals surface area contributed by atoms with Crippen LogP contribution < -0.4 is 0 Å². The third-order valence-corrected chi connectivity index (χ3v) is 12.6. The van der Waals surface area contributed by atoms with Gasteiger partial charge in [0.15, 0.2) is 0 Å². The van der Waals surface area contributed by atoms with Gasteiger partial charge in [-0.2, -0.15) is 0 Å². The first-order chi connectivity index (χ1) is 29.7. The molecule has 0 heterocycles. The zero-order valence-electron chi connectivity index (χ0n) is 32.9. The first-order valence-corrected chi connectivity index (χ1v) is 20.8. The highest BCUT2D eigenvalue weighted by Gasteiger charge is 2.14. The highest BCUT2D eigenvalue weighted by atomic mass is 14.2. The highest BCUT2D eigenvalue weighted by Crippen LogP contribution is 2.41. The molecule has 0 saturated heterocycles. The molecular formula is C60H38. The van der Waals surface area contributed by atoms with Crippen molar-refractivity contribution >= 4 is 64.6 Å². The lowest BCUT2D eigenvalue weighted by atomic mass is 9.89. The van der Waals surface area contributed by atoms with Crippen molar-refractivity contribution in [2.75, 3.05) is 0 Å². The lowest BCUT2D eigenvalue weighted by Gasteiger charge is -2.15. The van der Waals surface area contributed by atoms with Gasteiger partial charge in [0.1, 0.15) is 0 Å². The standard InChI is InChI=1S/C60H38/c1-2-13-39(14-3-1)42-15-12-16-43(33-42)47-34-46(35-48(36-47)45-30-32-58-54-22-7-5-18-50(54)52-20-9-11-24-56(52)60(58)38-45)41-27-25-40(26-28-41)44-29-31-57-53-21-6-4-17-49(53)51-19-8-10-23-55(51)59(57)37-44/h1-38H. The van der Waals surface area contributed by atoms with E-state index in [0.717, 1.165) is 0 Å². The van der Waals surface area contributed by atoms with Crippen LogP contribution in [0, 0.1) is 0 Å². The van der Waals surface area contributed by atoms with Crippen molar-refractivity contribution in [2.45, 2.75) is 0 Å². The maximum absolute atomic E-state index is 2.41. The van der Waals surface area contributed by atoms with Crippen molar-refractivity contribution in [3.05, 3.63) is 231 Å². The van der Waals surface area contributed by atoms with Crippen molar-refractivity contribution in [3.8, 4) is 55.6 Å². The molecule has 12 rings (SSSR count). The summed E-state index contributed by atoms with van der Waals surface area (Å²) >= 11 is 0.